The van der Waals surface area contributed by atoms with Crippen LogP contribution in [0.2, 0.25) is 0 Å². The Balaban J connectivity index is 2.44. The fraction of sp³-hybridized carbons (Fsp3) is 0.462. The Morgan fingerprint density at radius 1 is 0.722 bits per heavy atom. The number of allylic oxidation sites excluding steroid dienone is 2. The first kappa shape index (κ1) is 30.5. The van der Waals surface area contributed by atoms with Crippen molar-refractivity contribution in [2.45, 2.75) is 51.7 Å². The first-order valence-electron chi connectivity index (χ1n) is 11.7. The standard InChI is InChI=1S/C26H34O10/c1-3-9-23(29)33-15-7-11-19(27)17-35-25(31)21-13-5-6-14-22(21)26(32)36-18-20(28)12-8-16-34-24(30)10-4-2/h3-6,9-10,13-14,19-20,27-28H,7-8,11-12,15-18H2,1-2H3. The summed E-state index contributed by atoms with van der Waals surface area (Å²) in [4.78, 5) is 47.4. The van der Waals surface area contributed by atoms with Crippen LogP contribution in [0.15, 0.2) is 48.6 Å². The van der Waals surface area contributed by atoms with Gasteiger partial charge in [-0.15, -0.1) is 0 Å². The third-order valence-corrected chi connectivity index (χ3v) is 4.64. The van der Waals surface area contributed by atoms with Crippen LogP contribution in [-0.2, 0) is 28.5 Å². The zero-order chi connectivity index (χ0) is 26.8. The van der Waals surface area contributed by atoms with Crippen LogP contribution in [0.3, 0.4) is 0 Å². The van der Waals surface area contributed by atoms with E-state index in [1.165, 1.54) is 24.3 Å². The van der Waals surface area contributed by atoms with Gasteiger partial charge in [0.25, 0.3) is 0 Å². The minimum Gasteiger partial charge on any atom is -0.463 e. The zero-order valence-electron chi connectivity index (χ0n) is 20.6. The summed E-state index contributed by atoms with van der Waals surface area (Å²) in [5, 5.41) is 20.0. The molecule has 1 aromatic carbocycles. The summed E-state index contributed by atoms with van der Waals surface area (Å²) in [5.41, 5.74) is -0.0827. The molecule has 0 radical (unpaired) electrons. The van der Waals surface area contributed by atoms with E-state index in [1.54, 1.807) is 38.1 Å². The molecule has 0 aliphatic carbocycles. The number of esters is 4. The summed E-state index contributed by atoms with van der Waals surface area (Å²) in [7, 11) is 0. The maximum Gasteiger partial charge on any atom is 0.339 e. The van der Waals surface area contributed by atoms with Gasteiger partial charge in [0.1, 0.15) is 13.2 Å². The molecule has 36 heavy (non-hydrogen) atoms. The molecule has 0 aliphatic rings. The van der Waals surface area contributed by atoms with Crippen molar-refractivity contribution >= 4 is 23.9 Å². The maximum absolute atomic E-state index is 12.5. The van der Waals surface area contributed by atoms with Crippen molar-refractivity contribution in [1.82, 2.24) is 0 Å². The second kappa shape index (κ2) is 17.9. The van der Waals surface area contributed by atoms with Gasteiger partial charge in [0, 0.05) is 12.2 Å². The molecule has 10 nitrogen and oxygen atoms in total. The van der Waals surface area contributed by atoms with Gasteiger partial charge in [-0.3, -0.25) is 0 Å². The van der Waals surface area contributed by atoms with Crippen LogP contribution in [0.5, 0.6) is 0 Å². The summed E-state index contributed by atoms with van der Waals surface area (Å²) in [6.45, 7) is 3.02. The number of ether oxygens (including phenoxy) is 4. The van der Waals surface area contributed by atoms with Crippen molar-refractivity contribution in [3.63, 3.8) is 0 Å². The van der Waals surface area contributed by atoms with Crippen molar-refractivity contribution < 1.29 is 48.3 Å². The van der Waals surface area contributed by atoms with E-state index in [9.17, 15) is 29.4 Å². The fourth-order valence-electron chi connectivity index (χ4n) is 2.86. The molecule has 0 fully saturated rings. The van der Waals surface area contributed by atoms with Crippen LogP contribution >= 0.6 is 0 Å². The average molecular weight is 507 g/mol. The summed E-state index contributed by atoms with van der Waals surface area (Å²) < 4.78 is 20.1. The summed E-state index contributed by atoms with van der Waals surface area (Å²) in [6.07, 6.45) is 4.99. The molecule has 2 unspecified atom stereocenters. The number of aliphatic hydroxyl groups excluding tert-OH is 2. The van der Waals surface area contributed by atoms with Crippen molar-refractivity contribution in [1.29, 1.82) is 0 Å². The summed E-state index contributed by atoms with van der Waals surface area (Å²) in [5.74, 6) is -2.57. The van der Waals surface area contributed by atoms with E-state index in [2.05, 4.69) is 0 Å². The molecule has 0 saturated carbocycles. The van der Waals surface area contributed by atoms with Crippen molar-refractivity contribution in [2.75, 3.05) is 26.4 Å². The molecule has 0 aromatic heterocycles. The zero-order valence-corrected chi connectivity index (χ0v) is 20.6. The number of carbonyl (C=O) groups is 4. The quantitative estimate of drug-likeness (QED) is 0.148. The number of rotatable bonds is 16. The molecule has 1 aromatic rings. The number of benzene rings is 1. The number of hydrogen-bond donors (Lipinski definition) is 2. The van der Waals surface area contributed by atoms with E-state index in [4.69, 9.17) is 18.9 Å². The Morgan fingerprint density at radius 2 is 1.11 bits per heavy atom. The average Bonchev–Trinajstić information content (AvgIpc) is 2.86. The highest BCUT2D eigenvalue weighted by atomic mass is 16.6. The monoisotopic (exact) mass is 506 g/mol. The van der Waals surface area contributed by atoms with E-state index in [0.29, 0.717) is 12.8 Å². The molecule has 10 heteroatoms. The first-order chi connectivity index (χ1) is 17.3. The van der Waals surface area contributed by atoms with Gasteiger partial charge >= 0.3 is 23.9 Å². The third kappa shape index (κ3) is 12.8. The molecule has 0 amide bonds. The lowest BCUT2D eigenvalue weighted by Gasteiger charge is -2.14. The Bertz CT molecular complexity index is 833. The lowest BCUT2D eigenvalue weighted by molar-refractivity contribution is -0.138. The van der Waals surface area contributed by atoms with E-state index in [-0.39, 0.29) is 50.4 Å². The van der Waals surface area contributed by atoms with E-state index < -0.39 is 36.1 Å². The molecule has 0 aliphatic heterocycles. The molecule has 0 spiro atoms. The smallest absolute Gasteiger partial charge is 0.339 e. The molecule has 1 rings (SSSR count). The number of aliphatic hydroxyl groups is 2. The van der Waals surface area contributed by atoms with Gasteiger partial charge in [-0.25, -0.2) is 19.2 Å². The van der Waals surface area contributed by atoms with Crippen molar-refractivity contribution in [3.05, 3.63) is 59.7 Å². The summed E-state index contributed by atoms with van der Waals surface area (Å²) >= 11 is 0. The van der Waals surface area contributed by atoms with Gasteiger partial charge in [0.2, 0.25) is 0 Å². The Labute approximate surface area is 210 Å². The van der Waals surface area contributed by atoms with Crippen LogP contribution < -0.4 is 0 Å². The van der Waals surface area contributed by atoms with E-state index in [1.807, 2.05) is 0 Å². The molecular weight excluding hydrogens is 472 g/mol. The van der Waals surface area contributed by atoms with Crippen molar-refractivity contribution in [2.24, 2.45) is 0 Å². The van der Waals surface area contributed by atoms with Gasteiger partial charge < -0.3 is 29.2 Å². The van der Waals surface area contributed by atoms with Gasteiger partial charge in [0.15, 0.2) is 0 Å². The Hall–Kier alpha value is -3.50. The molecular formula is C26H34O10. The van der Waals surface area contributed by atoms with Crippen LogP contribution in [0, 0.1) is 0 Å². The third-order valence-electron chi connectivity index (χ3n) is 4.64. The molecule has 0 heterocycles. The lowest BCUT2D eigenvalue weighted by Crippen LogP contribution is -2.23. The van der Waals surface area contributed by atoms with E-state index in [0.717, 1.165) is 0 Å². The molecule has 2 N–H and O–H groups in total. The Morgan fingerprint density at radius 3 is 1.47 bits per heavy atom. The minimum atomic E-state index is -0.971. The molecule has 0 saturated heterocycles. The first-order valence-corrected chi connectivity index (χ1v) is 11.7. The molecule has 0 bridgehead atoms. The normalized spacial score (nSPS) is 12.8. The Kier molecular flexibility index (Phi) is 15.2. The van der Waals surface area contributed by atoms with Gasteiger partial charge in [-0.2, -0.15) is 0 Å². The highest BCUT2D eigenvalue weighted by Crippen LogP contribution is 2.13. The second-order valence-electron chi connectivity index (χ2n) is 7.67. The minimum absolute atomic E-state index is 0.0413. The van der Waals surface area contributed by atoms with E-state index >= 15 is 0 Å². The van der Waals surface area contributed by atoms with Crippen LogP contribution in [-0.4, -0.2) is 72.7 Å². The van der Waals surface area contributed by atoms with Gasteiger partial charge in [0.05, 0.1) is 36.5 Å². The fourth-order valence-corrected chi connectivity index (χ4v) is 2.86. The van der Waals surface area contributed by atoms with Gasteiger partial charge in [-0.1, -0.05) is 24.3 Å². The number of carbonyl (C=O) groups excluding carboxylic acids is 4. The number of hydrogen-bond acceptors (Lipinski definition) is 10. The van der Waals surface area contributed by atoms with Crippen molar-refractivity contribution in [3.8, 4) is 0 Å². The molecule has 2 atom stereocenters. The van der Waals surface area contributed by atoms with Crippen LogP contribution in [0.1, 0.15) is 60.2 Å². The highest BCUT2D eigenvalue weighted by molar-refractivity contribution is 6.03. The predicted octanol–water partition coefficient (Wildman–Crippen LogP) is 2.52. The maximum atomic E-state index is 12.5. The topological polar surface area (TPSA) is 146 Å². The summed E-state index contributed by atoms with van der Waals surface area (Å²) in [6, 6.07) is 5.88. The lowest BCUT2D eigenvalue weighted by atomic mass is 10.1. The largest absolute Gasteiger partial charge is 0.463 e. The van der Waals surface area contributed by atoms with Crippen LogP contribution in [0.4, 0.5) is 0 Å². The molecule has 198 valence electrons. The highest BCUT2D eigenvalue weighted by Gasteiger charge is 2.21. The van der Waals surface area contributed by atoms with Crippen LogP contribution in [0.25, 0.3) is 0 Å². The van der Waals surface area contributed by atoms with Gasteiger partial charge in [-0.05, 0) is 51.7 Å². The second-order valence-corrected chi connectivity index (χ2v) is 7.67. The SMILES string of the molecule is CC=CC(=O)OCCCC(O)COC(=O)c1ccccc1C(=O)OCC(O)CCCOC(=O)C=CC. The predicted molar refractivity (Wildman–Crippen MR) is 129 cm³/mol.